The predicted molar refractivity (Wildman–Crippen MR) is 95.5 cm³/mol. The molecule has 23 heavy (non-hydrogen) atoms. The molecule has 0 fully saturated rings. The van der Waals surface area contributed by atoms with Crippen molar-refractivity contribution < 1.29 is 9.53 Å². The fourth-order valence-corrected chi connectivity index (χ4v) is 3.98. The lowest BCUT2D eigenvalue weighted by atomic mass is 10.2. The Balaban J connectivity index is 1.73. The van der Waals surface area contributed by atoms with Crippen molar-refractivity contribution in [2.75, 3.05) is 12.4 Å². The van der Waals surface area contributed by atoms with E-state index in [-0.39, 0.29) is 5.91 Å². The first kappa shape index (κ1) is 15.7. The van der Waals surface area contributed by atoms with Crippen molar-refractivity contribution in [3.8, 4) is 16.3 Å². The number of carbonyl (C=O) groups excluding carboxylic acids is 1. The molecular weight excluding hydrogens is 328 g/mol. The smallest absolute Gasteiger partial charge is 0.229 e. The van der Waals surface area contributed by atoms with E-state index in [0.29, 0.717) is 6.42 Å². The number of hydrogen-bond donors (Lipinski definition) is 1. The van der Waals surface area contributed by atoms with Crippen molar-refractivity contribution >= 4 is 34.3 Å². The number of rotatable bonds is 5. The van der Waals surface area contributed by atoms with Gasteiger partial charge < -0.3 is 10.1 Å². The highest BCUT2D eigenvalue weighted by Gasteiger charge is 2.15. The van der Waals surface area contributed by atoms with Gasteiger partial charge in [-0.2, -0.15) is 0 Å². The Kier molecular flexibility index (Phi) is 4.73. The molecule has 0 bridgehead atoms. The first-order valence-electron chi connectivity index (χ1n) is 7.10. The lowest BCUT2D eigenvalue weighted by molar-refractivity contribution is -0.115. The van der Waals surface area contributed by atoms with E-state index >= 15 is 0 Å². The van der Waals surface area contributed by atoms with Crippen LogP contribution in [-0.2, 0) is 11.2 Å². The van der Waals surface area contributed by atoms with Crippen molar-refractivity contribution in [3.05, 3.63) is 51.7 Å². The van der Waals surface area contributed by atoms with Crippen LogP contribution in [0.2, 0.25) is 0 Å². The van der Waals surface area contributed by atoms with E-state index in [1.165, 1.54) is 0 Å². The monoisotopic (exact) mass is 344 g/mol. The Morgan fingerprint density at radius 1 is 1.26 bits per heavy atom. The van der Waals surface area contributed by atoms with Gasteiger partial charge in [0, 0.05) is 10.6 Å². The number of anilines is 1. The Labute approximate surface area is 142 Å². The van der Waals surface area contributed by atoms with E-state index in [1.807, 2.05) is 48.7 Å². The van der Waals surface area contributed by atoms with Crippen molar-refractivity contribution in [2.45, 2.75) is 13.3 Å². The summed E-state index contributed by atoms with van der Waals surface area (Å²) >= 11 is 3.21. The number of nitrogens with zero attached hydrogens (tertiary/aromatic N) is 1. The van der Waals surface area contributed by atoms with Crippen LogP contribution in [0.15, 0.2) is 41.8 Å². The Bertz CT molecular complexity index is 793. The zero-order valence-corrected chi connectivity index (χ0v) is 14.5. The maximum atomic E-state index is 12.3. The summed E-state index contributed by atoms with van der Waals surface area (Å²) in [6.07, 6.45) is 0.324. The summed E-state index contributed by atoms with van der Waals surface area (Å²) in [6.45, 7) is 1.96. The van der Waals surface area contributed by atoms with Crippen LogP contribution in [0.5, 0.6) is 5.75 Å². The highest BCUT2D eigenvalue weighted by Crippen LogP contribution is 2.31. The molecule has 3 rings (SSSR count). The van der Waals surface area contributed by atoms with Crippen molar-refractivity contribution in [1.29, 1.82) is 0 Å². The summed E-state index contributed by atoms with van der Waals surface area (Å²) in [4.78, 5) is 19.0. The van der Waals surface area contributed by atoms with E-state index in [0.717, 1.165) is 31.9 Å². The minimum Gasteiger partial charge on any atom is -0.497 e. The van der Waals surface area contributed by atoms with Crippen LogP contribution < -0.4 is 10.1 Å². The molecule has 0 aliphatic rings. The minimum absolute atomic E-state index is 0.0448. The molecule has 1 amide bonds. The number of thiophene rings is 1. The first-order chi connectivity index (χ1) is 11.2. The van der Waals surface area contributed by atoms with Crippen molar-refractivity contribution in [1.82, 2.24) is 4.98 Å². The van der Waals surface area contributed by atoms with Crippen LogP contribution in [-0.4, -0.2) is 18.0 Å². The van der Waals surface area contributed by atoms with Gasteiger partial charge in [0.2, 0.25) is 5.91 Å². The third-order valence-electron chi connectivity index (χ3n) is 3.25. The molecule has 0 unspecified atom stereocenters. The highest BCUT2D eigenvalue weighted by molar-refractivity contribution is 7.15. The first-order valence-corrected chi connectivity index (χ1v) is 8.79. The summed E-state index contributed by atoms with van der Waals surface area (Å²) in [5.74, 6) is 0.720. The highest BCUT2D eigenvalue weighted by atomic mass is 32.1. The summed E-state index contributed by atoms with van der Waals surface area (Å²) in [6, 6.07) is 11.3. The molecule has 0 radical (unpaired) electrons. The number of nitrogens with one attached hydrogen (secondary N) is 1. The molecule has 6 heteroatoms. The Morgan fingerprint density at radius 3 is 2.70 bits per heavy atom. The third kappa shape index (κ3) is 3.78. The van der Waals surface area contributed by atoms with E-state index in [1.54, 1.807) is 29.8 Å². The van der Waals surface area contributed by atoms with Crippen LogP contribution >= 0.6 is 22.7 Å². The van der Waals surface area contributed by atoms with E-state index < -0.39 is 0 Å². The van der Waals surface area contributed by atoms with Crippen LogP contribution in [0.3, 0.4) is 0 Å². The number of benzene rings is 1. The number of thiazole rings is 1. The number of aryl methyl sites for hydroxylation is 1. The molecule has 1 N–H and O–H groups in total. The third-order valence-corrected chi connectivity index (χ3v) is 5.10. The van der Waals surface area contributed by atoms with Crippen molar-refractivity contribution in [2.24, 2.45) is 0 Å². The molecule has 3 aromatic rings. The van der Waals surface area contributed by atoms with Crippen molar-refractivity contribution in [3.63, 3.8) is 0 Å². The SMILES string of the molecule is COc1ccc(NC(=O)Cc2sc(C)nc2-c2cccs2)cc1. The van der Waals surface area contributed by atoms with Gasteiger partial charge in [0.25, 0.3) is 0 Å². The summed E-state index contributed by atoms with van der Waals surface area (Å²) < 4.78 is 5.11. The number of amides is 1. The van der Waals surface area contributed by atoms with Gasteiger partial charge in [-0.25, -0.2) is 4.98 Å². The van der Waals surface area contributed by atoms with E-state index in [4.69, 9.17) is 4.74 Å². The lowest BCUT2D eigenvalue weighted by Crippen LogP contribution is -2.14. The minimum atomic E-state index is -0.0448. The Morgan fingerprint density at radius 2 is 2.04 bits per heavy atom. The average molecular weight is 344 g/mol. The predicted octanol–water partition coefficient (Wildman–Crippen LogP) is 4.37. The quantitative estimate of drug-likeness (QED) is 0.748. The van der Waals surface area contributed by atoms with Gasteiger partial charge in [-0.15, -0.1) is 22.7 Å². The molecular formula is C17H16N2O2S2. The number of methoxy groups -OCH3 is 1. The van der Waals surface area contributed by atoms with E-state index in [9.17, 15) is 4.79 Å². The fourth-order valence-electron chi connectivity index (χ4n) is 2.22. The molecule has 4 nitrogen and oxygen atoms in total. The normalized spacial score (nSPS) is 10.5. The van der Waals surface area contributed by atoms with Gasteiger partial charge in [0.15, 0.2) is 0 Å². The maximum absolute atomic E-state index is 12.3. The van der Waals surface area contributed by atoms with Gasteiger partial charge >= 0.3 is 0 Å². The average Bonchev–Trinajstić information content (AvgIpc) is 3.17. The fraction of sp³-hybridized carbons (Fsp3) is 0.176. The Hall–Kier alpha value is -2.18. The van der Waals surface area contributed by atoms with Crippen LogP contribution in [0.1, 0.15) is 9.88 Å². The molecule has 0 spiro atoms. The van der Waals surface area contributed by atoms with E-state index in [2.05, 4.69) is 10.3 Å². The van der Waals surface area contributed by atoms with Gasteiger partial charge in [-0.05, 0) is 42.6 Å². The maximum Gasteiger partial charge on any atom is 0.229 e. The number of carbonyl (C=O) groups is 1. The molecule has 2 aromatic heterocycles. The molecule has 0 aliphatic carbocycles. The number of aromatic nitrogens is 1. The van der Waals surface area contributed by atoms with Crippen LogP contribution in [0.4, 0.5) is 5.69 Å². The molecule has 1 aromatic carbocycles. The standard InChI is InChI=1S/C17H16N2O2S2/c1-11-18-17(14-4-3-9-22-14)15(23-11)10-16(20)19-12-5-7-13(21-2)8-6-12/h3-9H,10H2,1-2H3,(H,19,20). The molecule has 0 aliphatic heterocycles. The van der Waals surface area contributed by atoms with Gasteiger partial charge in [0.05, 0.1) is 29.1 Å². The zero-order valence-electron chi connectivity index (χ0n) is 12.8. The van der Waals surface area contributed by atoms with Gasteiger partial charge in [-0.3, -0.25) is 4.79 Å². The second kappa shape index (κ2) is 6.93. The van der Waals surface area contributed by atoms with Crippen LogP contribution in [0.25, 0.3) is 10.6 Å². The summed E-state index contributed by atoms with van der Waals surface area (Å²) in [7, 11) is 1.62. The molecule has 0 atom stereocenters. The van der Waals surface area contributed by atoms with Gasteiger partial charge in [0.1, 0.15) is 5.75 Å². The number of ether oxygens (including phenoxy) is 1. The molecule has 118 valence electrons. The van der Waals surface area contributed by atoms with Crippen LogP contribution in [0, 0.1) is 6.92 Å². The zero-order chi connectivity index (χ0) is 16.2. The largest absolute Gasteiger partial charge is 0.497 e. The second-order valence-corrected chi connectivity index (χ2v) is 7.17. The second-order valence-electron chi connectivity index (χ2n) is 4.94. The summed E-state index contributed by atoms with van der Waals surface area (Å²) in [5, 5.41) is 5.90. The summed E-state index contributed by atoms with van der Waals surface area (Å²) in [5.41, 5.74) is 1.68. The number of hydrogen-bond acceptors (Lipinski definition) is 5. The lowest BCUT2D eigenvalue weighted by Gasteiger charge is -2.06. The topological polar surface area (TPSA) is 51.2 Å². The molecule has 0 saturated heterocycles. The molecule has 2 heterocycles. The van der Waals surface area contributed by atoms with Gasteiger partial charge in [-0.1, -0.05) is 6.07 Å². The molecule has 0 saturated carbocycles.